The van der Waals surface area contributed by atoms with E-state index in [1.807, 2.05) is 37.4 Å². The molecule has 0 spiro atoms. The molecule has 7 heteroatoms. The quantitative estimate of drug-likeness (QED) is 0.716. The minimum atomic E-state index is -4.19. The van der Waals surface area contributed by atoms with Gasteiger partial charge in [-0.3, -0.25) is 4.98 Å². The second-order valence-corrected chi connectivity index (χ2v) is 10.1. The molecule has 2 fully saturated rings. The molecule has 0 aliphatic carbocycles. The third-order valence-electron chi connectivity index (χ3n) is 7.26. The lowest BCUT2D eigenvalue weighted by Crippen LogP contribution is -2.63. The number of hydrogen-bond donors (Lipinski definition) is 1. The highest BCUT2D eigenvalue weighted by Gasteiger charge is 2.55. The molecule has 3 heterocycles. The van der Waals surface area contributed by atoms with E-state index in [0.717, 1.165) is 5.56 Å². The summed E-state index contributed by atoms with van der Waals surface area (Å²) >= 11 is 0. The fourth-order valence-electron chi connectivity index (χ4n) is 5.41. The average Bonchev–Trinajstić information content (AvgIpc) is 3.23. The number of aliphatic hydroxyl groups is 1. The van der Waals surface area contributed by atoms with Crippen LogP contribution in [0.25, 0.3) is 0 Å². The van der Waals surface area contributed by atoms with Crippen molar-refractivity contribution in [1.82, 2.24) is 9.88 Å². The zero-order valence-corrected chi connectivity index (χ0v) is 19.2. The molecule has 4 rings (SSSR count). The van der Waals surface area contributed by atoms with Crippen LogP contribution in [0.2, 0.25) is 0 Å². The first kappa shape index (κ1) is 23.1. The van der Waals surface area contributed by atoms with Crippen molar-refractivity contribution in [3.8, 4) is 0 Å². The summed E-state index contributed by atoms with van der Waals surface area (Å²) in [5.74, 6) is -0.948. The van der Waals surface area contributed by atoms with Gasteiger partial charge in [0.15, 0.2) is 0 Å². The van der Waals surface area contributed by atoms with Gasteiger partial charge in [0.05, 0.1) is 17.8 Å². The molecule has 0 amide bonds. The van der Waals surface area contributed by atoms with Crippen molar-refractivity contribution in [2.24, 2.45) is 11.3 Å². The predicted molar refractivity (Wildman–Crippen MR) is 120 cm³/mol. The summed E-state index contributed by atoms with van der Waals surface area (Å²) < 4.78 is 39.6. The van der Waals surface area contributed by atoms with Gasteiger partial charge in [-0.2, -0.15) is 13.2 Å². The SMILES string of the molecule is CC(C)c1ccc(C(O)(c2cncc(N3CCC(C(F)(F)F)C3)c2)C2(C)CN(C)C2)cc1. The molecule has 32 heavy (non-hydrogen) atoms. The van der Waals surface area contributed by atoms with Gasteiger partial charge in [0.2, 0.25) is 0 Å². The van der Waals surface area contributed by atoms with E-state index < -0.39 is 23.1 Å². The predicted octanol–water partition coefficient (Wildman–Crippen LogP) is 4.78. The first-order valence-electron chi connectivity index (χ1n) is 11.2. The Bertz CT molecular complexity index is 954. The molecule has 0 radical (unpaired) electrons. The topological polar surface area (TPSA) is 39.6 Å². The summed E-state index contributed by atoms with van der Waals surface area (Å²) in [7, 11) is 2.01. The van der Waals surface area contributed by atoms with Gasteiger partial charge in [-0.1, -0.05) is 45.0 Å². The first-order valence-corrected chi connectivity index (χ1v) is 11.2. The molecule has 0 bridgehead atoms. The lowest BCUT2D eigenvalue weighted by molar-refractivity contribution is -0.168. The Morgan fingerprint density at radius 1 is 1.09 bits per heavy atom. The molecular weight excluding hydrogens is 415 g/mol. The summed E-state index contributed by atoms with van der Waals surface area (Å²) in [4.78, 5) is 8.23. The largest absolute Gasteiger partial charge is 0.393 e. The highest BCUT2D eigenvalue weighted by atomic mass is 19.4. The molecule has 2 atom stereocenters. The van der Waals surface area contributed by atoms with E-state index in [4.69, 9.17) is 0 Å². The van der Waals surface area contributed by atoms with Crippen LogP contribution in [0.15, 0.2) is 42.7 Å². The van der Waals surface area contributed by atoms with E-state index in [1.165, 1.54) is 5.56 Å². The van der Waals surface area contributed by atoms with Gasteiger partial charge in [0.1, 0.15) is 5.60 Å². The number of pyridine rings is 1. The zero-order chi connectivity index (χ0) is 23.3. The maximum Gasteiger partial charge on any atom is 0.393 e. The molecule has 2 saturated heterocycles. The molecule has 2 unspecified atom stereocenters. The Balaban J connectivity index is 1.72. The van der Waals surface area contributed by atoms with Crippen molar-refractivity contribution in [1.29, 1.82) is 0 Å². The first-order chi connectivity index (χ1) is 14.9. The minimum absolute atomic E-state index is 0.0733. The van der Waals surface area contributed by atoms with Crippen LogP contribution >= 0.6 is 0 Å². The second kappa shape index (κ2) is 8.03. The van der Waals surface area contributed by atoms with Gasteiger partial charge in [-0.15, -0.1) is 0 Å². The summed E-state index contributed by atoms with van der Waals surface area (Å²) in [5.41, 5.74) is 1.48. The molecule has 1 N–H and O–H groups in total. The lowest BCUT2D eigenvalue weighted by Gasteiger charge is -2.56. The van der Waals surface area contributed by atoms with Gasteiger partial charge in [0.25, 0.3) is 0 Å². The van der Waals surface area contributed by atoms with E-state index in [2.05, 4.69) is 30.7 Å². The third kappa shape index (κ3) is 3.90. The molecule has 1 aromatic carbocycles. The molecule has 0 saturated carbocycles. The second-order valence-electron chi connectivity index (χ2n) is 10.1. The van der Waals surface area contributed by atoms with Crippen LogP contribution in [0.1, 0.15) is 49.8 Å². The van der Waals surface area contributed by atoms with E-state index in [-0.39, 0.29) is 13.0 Å². The van der Waals surface area contributed by atoms with E-state index >= 15 is 0 Å². The van der Waals surface area contributed by atoms with Crippen LogP contribution in [0, 0.1) is 11.3 Å². The van der Waals surface area contributed by atoms with E-state index in [0.29, 0.717) is 36.8 Å². The van der Waals surface area contributed by atoms with E-state index in [9.17, 15) is 18.3 Å². The fourth-order valence-corrected chi connectivity index (χ4v) is 5.41. The van der Waals surface area contributed by atoms with Gasteiger partial charge in [-0.05, 0) is 36.6 Å². The minimum Gasteiger partial charge on any atom is -0.380 e. The maximum absolute atomic E-state index is 13.2. The number of likely N-dealkylation sites (tertiary alicyclic amines) is 1. The van der Waals surface area contributed by atoms with Crippen LogP contribution in [-0.2, 0) is 5.60 Å². The molecule has 2 aromatic rings. The van der Waals surface area contributed by atoms with Crippen molar-refractivity contribution >= 4 is 5.69 Å². The molecule has 2 aliphatic rings. The Labute approximate surface area is 188 Å². The van der Waals surface area contributed by atoms with Gasteiger partial charge in [0, 0.05) is 43.4 Å². The number of hydrogen-bond acceptors (Lipinski definition) is 4. The normalized spacial score (nSPS) is 23.3. The Morgan fingerprint density at radius 3 is 2.28 bits per heavy atom. The lowest BCUT2D eigenvalue weighted by atomic mass is 9.62. The van der Waals surface area contributed by atoms with Crippen LogP contribution in [0.3, 0.4) is 0 Å². The third-order valence-corrected chi connectivity index (χ3v) is 7.26. The average molecular weight is 448 g/mol. The number of anilines is 1. The number of aromatic nitrogens is 1. The van der Waals surface area contributed by atoms with Crippen LogP contribution in [0.4, 0.5) is 18.9 Å². The number of nitrogens with zero attached hydrogens (tertiary/aromatic N) is 3. The van der Waals surface area contributed by atoms with Crippen molar-refractivity contribution < 1.29 is 18.3 Å². The van der Waals surface area contributed by atoms with E-state index in [1.54, 1.807) is 17.3 Å². The standard InChI is InChI=1S/C25H32F3N3O/c1-17(2)18-5-7-19(8-6-18)24(32,23(3)15-30(4)16-23)21-11-22(13-29-12-21)31-10-9-20(14-31)25(26,27)28/h5-8,11-13,17,20,32H,9-10,14-16H2,1-4H3. The van der Waals surface area contributed by atoms with Gasteiger partial charge in [-0.25, -0.2) is 0 Å². The Kier molecular flexibility index (Phi) is 5.78. The summed E-state index contributed by atoms with van der Waals surface area (Å²) in [6, 6.07) is 9.86. The van der Waals surface area contributed by atoms with Crippen molar-refractivity contribution in [3.63, 3.8) is 0 Å². The summed E-state index contributed by atoms with van der Waals surface area (Å²) in [6.07, 6.45) is -0.861. The van der Waals surface area contributed by atoms with Crippen LogP contribution in [-0.4, -0.2) is 54.4 Å². The smallest absolute Gasteiger partial charge is 0.380 e. The van der Waals surface area contributed by atoms with Crippen LogP contribution in [0.5, 0.6) is 0 Å². The number of halogens is 3. The summed E-state index contributed by atoms with van der Waals surface area (Å²) in [5, 5.41) is 12.3. The fraction of sp³-hybridized carbons (Fsp3) is 0.560. The van der Waals surface area contributed by atoms with Crippen molar-refractivity contribution in [2.75, 3.05) is 38.1 Å². The number of rotatable bonds is 5. The van der Waals surface area contributed by atoms with Crippen molar-refractivity contribution in [2.45, 2.75) is 44.9 Å². The molecule has 1 aromatic heterocycles. The number of benzene rings is 1. The maximum atomic E-state index is 13.2. The molecule has 2 aliphatic heterocycles. The molecule has 4 nitrogen and oxygen atoms in total. The van der Waals surface area contributed by atoms with Crippen molar-refractivity contribution in [3.05, 3.63) is 59.4 Å². The van der Waals surface area contributed by atoms with Gasteiger partial charge < -0.3 is 14.9 Å². The highest BCUT2D eigenvalue weighted by molar-refractivity contribution is 5.51. The Morgan fingerprint density at radius 2 is 1.75 bits per heavy atom. The van der Waals surface area contributed by atoms with Gasteiger partial charge >= 0.3 is 6.18 Å². The Hall–Kier alpha value is -2.12. The highest BCUT2D eigenvalue weighted by Crippen LogP contribution is 2.50. The summed E-state index contributed by atoms with van der Waals surface area (Å²) in [6.45, 7) is 7.99. The molecular formula is C25H32F3N3O. The molecule has 174 valence electrons. The van der Waals surface area contributed by atoms with Crippen LogP contribution < -0.4 is 4.90 Å². The monoisotopic (exact) mass is 447 g/mol. The number of alkyl halides is 3. The zero-order valence-electron chi connectivity index (χ0n) is 19.2.